The van der Waals surface area contributed by atoms with Crippen molar-refractivity contribution in [2.24, 2.45) is 0 Å². The van der Waals surface area contributed by atoms with Crippen LogP contribution in [0.1, 0.15) is 32.6 Å². The first kappa shape index (κ1) is 18.4. The summed E-state index contributed by atoms with van der Waals surface area (Å²) in [5.74, 6) is -2.69. The number of rotatable bonds is 5. The van der Waals surface area contributed by atoms with Crippen LogP contribution in [-0.4, -0.2) is 29.8 Å². The maximum Gasteiger partial charge on any atom is 0.251 e. The monoisotopic (exact) mass is 356 g/mol. The van der Waals surface area contributed by atoms with Crippen molar-refractivity contribution in [3.8, 4) is 0 Å². The van der Waals surface area contributed by atoms with E-state index in [4.69, 9.17) is 11.6 Å². The number of benzene rings is 1. The summed E-state index contributed by atoms with van der Waals surface area (Å²) >= 11 is 6.12. The van der Waals surface area contributed by atoms with Crippen molar-refractivity contribution in [3.05, 3.63) is 40.4 Å². The van der Waals surface area contributed by atoms with E-state index < -0.39 is 23.2 Å². The summed E-state index contributed by atoms with van der Waals surface area (Å²) in [7, 11) is 0. The van der Waals surface area contributed by atoms with Gasteiger partial charge in [0, 0.05) is 17.2 Å². The second-order valence-electron chi connectivity index (χ2n) is 5.55. The molecule has 0 unspecified atom stereocenters. The van der Waals surface area contributed by atoms with Gasteiger partial charge >= 0.3 is 0 Å². The predicted octanol–water partition coefficient (Wildman–Crippen LogP) is 3.82. The zero-order valence-corrected chi connectivity index (χ0v) is 14.1. The molecule has 0 aromatic heterocycles. The van der Waals surface area contributed by atoms with Crippen molar-refractivity contribution < 1.29 is 18.4 Å². The van der Waals surface area contributed by atoms with Gasteiger partial charge in [0.25, 0.3) is 5.91 Å². The van der Waals surface area contributed by atoms with Gasteiger partial charge in [-0.25, -0.2) is 8.78 Å². The Morgan fingerprint density at radius 3 is 2.42 bits per heavy atom. The minimum absolute atomic E-state index is 0.291. The molecule has 1 aliphatic carbocycles. The molecule has 130 valence electrons. The zero-order chi connectivity index (χ0) is 17.7. The minimum atomic E-state index is -0.865. The summed E-state index contributed by atoms with van der Waals surface area (Å²) in [6.45, 7) is 1.72. The fraction of sp³-hybridized carbons (Fsp3) is 0.412. The number of halogens is 3. The molecule has 4 nitrogen and oxygen atoms in total. The molecular formula is C17H19ClF2N2O2. The number of likely N-dealkylation sites (N-methyl/N-ethyl adjacent to an activating group) is 1. The molecule has 0 radical (unpaired) electrons. The van der Waals surface area contributed by atoms with Gasteiger partial charge in [0.1, 0.15) is 23.9 Å². The van der Waals surface area contributed by atoms with E-state index in [1.165, 1.54) is 11.0 Å². The summed E-state index contributed by atoms with van der Waals surface area (Å²) in [5, 5.41) is 2.71. The Bertz CT molecular complexity index is 656. The third kappa shape index (κ3) is 4.32. The number of para-hydroxylation sites is 1. The van der Waals surface area contributed by atoms with Gasteiger partial charge in [0.15, 0.2) is 0 Å². The van der Waals surface area contributed by atoms with E-state index in [1.54, 1.807) is 6.92 Å². The number of hydrogen-bond donors (Lipinski definition) is 1. The van der Waals surface area contributed by atoms with Crippen LogP contribution in [0.4, 0.5) is 14.5 Å². The molecule has 1 aromatic rings. The second kappa shape index (κ2) is 8.24. The van der Waals surface area contributed by atoms with Crippen LogP contribution in [-0.2, 0) is 9.59 Å². The first-order valence-electron chi connectivity index (χ1n) is 7.84. The Morgan fingerprint density at radius 2 is 1.83 bits per heavy atom. The first-order chi connectivity index (χ1) is 11.4. The van der Waals surface area contributed by atoms with E-state index in [2.05, 4.69) is 5.32 Å². The standard InChI is InChI=1S/C17H19ClF2N2O2/c1-2-22(17(24)11-6-3-4-7-12(11)18)10-15(23)21-16-13(19)8-5-9-14(16)20/h5,8-9H,2-4,6-7,10H2,1H3,(H,21,23). The Morgan fingerprint density at radius 1 is 1.21 bits per heavy atom. The lowest BCUT2D eigenvalue weighted by atomic mass is 9.98. The summed E-state index contributed by atoms with van der Waals surface area (Å²) in [6, 6.07) is 3.31. The molecule has 0 bridgehead atoms. The van der Waals surface area contributed by atoms with Crippen LogP contribution < -0.4 is 5.32 Å². The molecule has 0 fully saturated rings. The van der Waals surface area contributed by atoms with Gasteiger partial charge in [0.05, 0.1) is 0 Å². The Balaban J connectivity index is 2.07. The number of anilines is 1. The van der Waals surface area contributed by atoms with E-state index in [9.17, 15) is 18.4 Å². The highest BCUT2D eigenvalue weighted by Crippen LogP contribution is 2.28. The topological polar surface area (TPSA) is 49.4 Å². The summed E-state index contributed by atoms with van der Waals surface area (Å²) in [6.07, 6.45) is 3.06. The molecule has 24 heavy (non-hydrogen) atoms. The predicted molar refractivity (Wildman–Crippen MR) is 88.6 cm³/mol. The molecule has 2 amide bonds. The van der Waals surface area contributed by atoms with Crippen molar-refractivity contribution >= 4 is 29.1 Å². The summed E-state index contributed by atoms with van der Waals surface area (Å²) < 4.78 is 27.1. The average molecular weight is 357 g/mol. The largest absolute Gasteiger partial charge is 0.330 e. The number of nitrogens with one attached hydrogen (secondary N) is 1. The molecular weight excluding hydrogens is 338 g/mol. The SMILES string of the molecule is CCN(CC(=O)Nc1c(F)cccc1F)C(=O)C1=C(Cl)CCCC1. The van der Waals surface area contributed by atoms with Gasteiger partial charge in [-0.3, -0.25) is 9.59 Å². The van der Waals surface area contributed by atoms with Crippen molar-refractivity contribution in [1.29, 1.82) is 0 Å². The highest BCUT2D eigenvalue weighted by Gasteiger charge is 2.24. The van der Waals surface area contributed by atoms with Crippen LogP contribution in [0, 0.1) is 11.6 Å². The van der Waals surface area contributed by atoms with Crippen molar-refractivity contribution in [2.45, 2.75) is 32.6 Å². The number of amides is 2. The average Bonchev–Trinajstić information content (AvgIpc) is 2.56. The van der Waals surface area contributed by atoms with E-state index in [1.807, 2.05) is 0 Å². The number of nitrogens with zero attached hydrogens (tertiary/aromatic N) is 1. The van der Waals surface area contributed by atoms with Crippen LogP contribution in [0.15, 0.2) is 28.8 Å². The zero-order valence-electron chi connectivity index (χ0n) is 13.4. The van der Waals surface area contributed by atoms with Crippen molar-refractivity contribution in [2.75, 3.05) is 18.4 Å². The van der Waals surface area contributed by atoms with E-state index >= 15 is 0 Å². The first-order valence-corrected chi connectivity index (χ1v) is 8.22. The fourth-order valence-corrected chi connectivity index (χ4v) is 2.89. The molecule has 7 heteroatoms. The molecule has 2 rings (SSSR count). The normalized spacial score (nSPS) is 14.5. The molecule has 0 atom stereocenters. The van der Waals surface area contributed by atoms with Crippen molar-refractivity contribution in [3.63, 3.8) is 0 Å². The van der Waals surface area contributed by atoms with Gasteiger partial charge in [-0.15, -0.1) is 0 Å². The number of allylic oxidation sites excluding steroid dienone is 1. The smallest absolute Gasteiger partial charge is 0.251 e. The van der Waals surface area contributed by atoms with Gasteiger partial charge in [-0.2, -0.15) is 0 Å². The lowest BCUT2D eigenvalue weighted by Gasteiger charge is -2.24. The Kier molecular flexibility index (Phi) is 6.31. The molecule has 0 saturated carbocycles. The molecule has 0 aliphatic heterocycles. The molecule has 1 N–H and O–H groups in total. The number of carbonyl (C=O) groups excluding carboxylic acids is 2. The van der Waals surface area contributed by atoms with Gasteiger partial charge in [0.2, 0.25) is 5.91 Å². The quantitative estimate of drug-likeness (QED) is 0.872. The maximum absolute atomic E-state index is 13.6. The Labute approximate surface area is 144 Å². The third-order valence-corrected chi connectivity index (χ3v) is 4.31. The van der Waals surface area contributed by atoms with Gasteiger partial charge in [-0.05, 0) is 44.7 Å². The lowest BCUT2D eigenvalue weighted by Crippen LogP contribution is -2.39. The highest BCUT2D eigenvalue weighted by atomic mass is 35.5. The third-order valence-electron chi connectivity index (χ3n) is 3.89. The second-order valence-corrected chi connectivity index (χ2v) is 6.01. The number of carbonyl (C=O) groups is 2. The lowest BCUT2D eigenvalue weighted by molar-refractivity contribution is -0.131. The molecule has 0 saturated heterocycles. The van der Waals surface area contributed by atoms with Gasteiger partial charge in [-0.1, -0.05) is 17.7 Å². The van der Waals surface area contributed by atoms with Crippen LogP contribution >= 0.6 is 11.6 Å². The van der Waals surface area contributed by atoms with Crippen LogP contribution in [0.2, 0.25) is 0 Å². The highest BCUT2D eigenvalue weighted by molar-refractivity contribution is 6.32. The van der Waals surface area contributed by atoms with Crippen LogP contribution in [0.5, 0.6) is 0 Å². The van der Waals surface area contributed by atoms with Crippen molar-refractivity contribution in [1.82, 2.24) is 4.90 Å². The maximum atomic E-state index is 13.6. The molecule has 0 heterocycles. The van der Waals surface area contributed by atoms with Crippen LogP contribution in [0.3, 0.4) is 0 Å². The molecule has 0 spiro atoms. The summed E-state index contributed by atoms with van der Waals surface area (Å²) in [4.78, 5) is 25.9. The molecule has 1 aromatic carbocycles. The summed E-state index contributed by atoms with van der Waals surface area (Å²) in [5.41, 5.74) is 0.00977. The fourth-order valence-electron chi connectivity index (χ4n) is 2.58. The number of hydrogen-bond acceptors (Lipinski definition) is 2. The van der Waals surface area contributed by atoms with Crippen LogP contribution in [0.25, 0.3) is 0 Å². The minimum Gasteiger partial charge on any atom is -0.330 e. The van der Waals surface area contributed by atoms with E-state index in [0.29, 0.717) is 30.0 Å². The Hall–Kier alpha value is -1.95. The molecule has 1 aliphatic rings. The van der Waals surface area contributed by atoms with E-state index in [0.717, 1.165) is 25.0 Å². The van der Waals surface area contributed by atoms with E-state index in [-0.39, 0.29) is 12.5 Å². The van der Waals surface area contributed by atoms with Gasteiger partial charge < -0.3 is 10.2 Å².